The molecule has 0 saturated heterocycles. The number of anilines is 2. The molecule has 5 aromatic rings. The highest BCUT2D eigenvalue weighted by Crippen LogP contribution is 2.36. The minimum absolute atomic E-state index is 0.283. The number of oxazole rings is 1. The maximum absolute atomic E-state index is 13.3. The van der Waals surface area contributed by atoms with E-state index in [-0.39, 0.29) is 5.82 Å². The van der Waals surface area contributed by atoms with Gasteiger partial charge in [-0.15, -0.1) is 0 Å². The van der Waals surface area contributed by atoms with Crippen LogP contribution in [-0.4, -0.2) is 26.6 Å². The molecule has 8 heteroatoms. The molecule has 0 fully saturated rings. The Morgan fingerprint density at radius 2 is 1.91 bits per heavy atom. The van der Waals surface area contributed by atoms with Crippen LogP contribution >= 0.6 is 0 Å². The molecule has 160 valence electrons. The Bertz CT molecular complexity index is 1420. The average Bonchev–Trinajstić information content (AvgIpc) is 3.38. The maximum atomic E-state index is 13.3. The van der Waals surface area contributed by atoms with E-state index in [4.69, 9.17) is 14.1 Å². The lowest BCUT2D eigenvalue weighted by atomic mass is 10.1. The normalized spacial score (nSPS) is 11.1. The predicted octanol–water partition coefficient (Wildman–Crippen LogP) is 5.49. The largest absolute Gasteiger partial charge is 0.496 e. The SMILES string of the molecule is COc1cc(Nc2cncc3c2nc(-c2ccc(F)cc2)n3C)ccc1-c1ocnc1C. The van der Waals surface area contributed by atoms with E-state index in [1.807, 2.05) is 36.7 Å². The van der Waals surface area contributed by atoms with Crippen LogP contribution in [0.3, 0.4) is 0 Å². The van der Waals surface area contributed by atoms with E-state index in [0.29, 0.717) is 11.5 Å². The van der Waals surface area contributed by atoms with Gasteiger partial charge >= 0.3 is 0 Å². The minimum atomic E-state index is -0.283. The number of aromatic nitrogens is 4. The molecule has 0 amide bonds. The molecule has 7 nitrogen and oxygen atoms in total. The number of hydrogen-bond acceptors (Lipinski definition) is 6. The van der Waals surface area contributed by atoms with Crippen LogP contribution in [0, 0.1) is 12.7 Å². The molecule has 0 spiro atoms. The molecule has 5 rings (SSSR count). The van der Waals surface area contributed by atoms with Gasteiger partial charge in [0.15, 0.2) is 12.2 Å². The van der Waals surface area contributed by atoms with Gasteiger partial charge in [0, 0.05) is 24.4 Å². The van der Waals surface area contributed by atoms with Crippen molar-refractivity contribution in [2.24, 2.45) is 7.05 Å². The van der Waals surface area contributed by atoms with Gasteiger partial charge in [-0.25, -0.2) is 14.4 Å². The number of nitrogens with zero attached hydrogens (tertiary/aromatic N) is 4. The third kappa shape index (κ3) is 3.35. The number of aryl methyl sites for hydroxylation is 2. The van der Waals surface area contributed by atoms with Gasteiger partial charge in [0.25, 0.3) is 0 Å². The second-order valence-electron chi connectivity index (χ2n) is 7.36. The molecular weight excluding hydrogens is 409 g/mol. The van der Waals surface area contributed by atoms with Gasteiger partial charge < -0.3 is 19.0 Å². The molecule has 3 aromatic heterocycles. The molecule has 0 aliphatic rings. The first-order valence-electron chi connectivity index (χ1n) is 9.97. The van der Waals surface area contributed by atoms with Gasteiger partial charge in [-0.2, -0.15) is 0 Å². The average molecular weight is 429 g/mol. The molecule has 0 unspecified atom stereocenters. The summed E-state index contributed by atoms with van der Waals surface area (Å²) in [5.74, 6) is 1.77. The number of ether oxygens (including phenoxy) is 1. The van der Waals surface area contributed by atoms with Crippen molar-refractivity contribution in [3.63, 3.8) is 0 Å². The molecule has 32 heavy (non-hydrogen) atoms. The number of rotatable bonds is 5. The van der Waals surface area contributed by atoms with E-state index in [1.54, 1.807) is 31.6 Å². The molecule has 0 aliphatic carbocycles. The number of nitrogens with one attached hydrogen (secondary N) is 1. The Balaban J connectivity index is 1.54. The van der Waals surface area contributed by atoms with Crippen LogP contribution in [0.15, 0.2) is 65.7 Å². The molecule has 1 N–H and O–H groups in total. The summed E-state index contributed by atoms with van der Waals surface area (Å²) in [6.07, 6.45) is 4.91. The van der Waals surface area contributed by atoms with Crippen molar-refractivity contribution in [1.29, 1.82) is 0 Å². The van der Waals surface area contributed by atoms with E-state index in [9.17, 15) is 4.39 Å². The monoisotopic (exact) mass is 429 g/mol. The summed E-state index contributed by atoms with van der Waals surface area (Å²) in [6.45, 7) is 1.89. The highest BCUT2D eigenvalue weighted by molar-refractivity contribution is 5.92. The third-order valence-electron chi connectivity index (χ3n) is 5.37. The first kappa shape index (κ1) is 19.7. The highest BCUT2D eigenvalue weighted by Gasteiger charge is 2.16. The van der Waals surface area contributed by atoms with E-state index in [1.165, 1.54) is 18.5 Å². The van der Waals surface area contributed by atoms with Crippen molar-refractivity contribution in [2.45, 2.75) is 6.92 Å². The zero-order valence-electron chi connectivity index (χ0n) is 17.8. The predicted molar refractivity (Wildman–Crippen MR) is 120 cm³/mol. The zero-order valence-corrected chi connectivity index (χ0v) is 17.8. The van der Waals surface area contributed by atoms with Crippen molar-refractivity contribution in [3.05, 3.63) is 72.8 Å². The van der Waals surface area contributed by atoms with Crippen LogP contribution in [0.2, 0.25) is 0 Å². The Kier molecular flexibility index (Phi) is 4.82. The molecule has 0 atom stereocenters. The lowest BCUT2D eigenvalue weighted by Crippen LogP contribution is -1.96. The van der Waals surface area contributed by atoms with E-state index >= 15 is 0 Å². The van der Waals surface area contributed by atoms with Crippen molar-refractivity contribution < 1.29 is 13.5 Å². The highest BCUT2D eigenvalue weighted by atomic mass is 19.1. The topological polar surface area (TPSA) is 78.0 Å². The number of hydrogen-bond donors (Lipinski definition) is 1. The minimum Gasteiger partial charge on any atom is -0.496 e. The summed E-state index contributed by atoms with van der Waals surface area (Å²) in [5.41, 5.74) is 5.61. The number of halogens is 1. The van der Waals surface area contributed by atoms with Crippen molar-refractivity contribution in [1.82, 2.24) is 19.5 Å². The lowest BCUT2D eigenvalue weighted by Gasteiger charge is -2.11. The van der Waals surface area contributed by atoms with E-state index in [2.05, 4.69) is 15.3 Å². The van der Waals surface area contributed by atoms with E-state index in [0.717, 1.165) is 45.1 Å². The van der Waals surface area contributed by atoms with Crippen LogP contribution in [0.1, 0.15) is 5.69 Å². The Morgan fingerprint density at radius 3 is 2.62 bits per heavy atom. The number of pyridine rings is 1. The van der Waals surface area contributed by atoms with Crippen LogP contribution in [0.5, 0.6) is 5.75 Å². The van der Waals surface area contributed by atoms with Gasteiger partial charge in [0.05, 0.1) is 42.0 Å². The van der Waals surface area contributed by atoms with Crippen LogP contribution in [0.4, 0.5) is 15.8 Å². The number of imidazole rings is 1. The van der Waals surface area contributed by atoms with Gasteiger partial charge in [-0.05, 0) is 43.3 Å². The number of fused-ring (bicyclic) bond motifs is 1. The zero-order chi connectivity index (χ0) is 22.2. The summed E-state index contributed by atoms with van der Waals surface area (Å²) in [4.78, 5) is 13.3. The van der Waals surface area contributed by atoms with E-state index < -0.39 is 0 Å². The first-order chi connectivity index (χ1) is 15.5. The lowest BCUT2D eigenvalue weighted by molar-refractivity contribution is 0.415. The van der Waals surface area contributed by atoms with Crippen molar-refractivity contribution in [2.75, 3.05) is 12.4 Å². The van der Waals surface area contributed by atoms with Crippen molar-refractivity contribution in [3.8, 4) is 28.5 Å². The number of methoxy groups -OCH3 is 1. The smallest absolute Gasteiger partial charge is 0.181 e. The summed E-state index contributed by atoms with van der Waals surface area (Å²) in [6, 6.07) is 12.0. The fourth-order valence-electron chi connectivity index (χ4n) is 3.72. The fourth-order valence-corrected chi connectivity index (χ4v) is 3.72. The standard InChI is InChI=1S/C24H20FN5O2/c1-14-23(32-13-27-14)18-9-8-17(10-21(18)31-3)28-19-11-26-12-20-22(19)29-24(30(20)2)15-4-6-16(25)7-5-15/h4-13,28H,1-3H3. The van der Waals surface area contributed by atoms with Crippen LogP contribution < -0.4 is 10.1 Å². The summed E-state index contributed by atoms with van der Waals surface area (Å²) in [5, 5.41) is 3.39. The molecule has 0 saturated carbocycles. The maximum Gasteiger partial charge on any atom is 0.181 e. The Labute approximate surface area is 183 Å². The van der Waals surface area contributed by atoms with Gasteiger partial charge in [-0.1, -0.05) is 0 Å². The quantitative estimate of drug-likeness (QED) is 0.398. The summed E-state index contributed by atoms with van der Waals surface area (Å²) < 4.78 is 26.4. The molecule has 0 radical (unpaired) electrons. The van der Waals surface area contributed by atoms with Crippen LogP contribution in [-0.2, 0) is 7.05 Å². The van der Waals surface area contributed by atoms with Crippen molar-refractivity contribution >= 4 is 22.4 Å². The second-order valence-corrected chi connectivity index (χ2v) is 7.36. The second kappa shape index (κ2) is 7.81. The van der Waals surface area contributed by atoms with Crippen LogP contribution in [0.25, 0.3) is 33.7 Å². The fraction of sp³-hybridized carbons (Fsp3) is 0.125. The molecule has 2 aromatic carbocycles. The Morgan fingerprint density at radius 1 is 1.09 bits per heavy atom. The number of benzene rings is 2. The molecule has 3 heterocycles. The van der Waals surface area contributed by atoms with Gasteiger partial charge in [0.1, 0.15) is 22.9 Å². The van der Waals surface area contributed by atoms with Gasteiger partial charge in [-0.3, -0.25) is 4.98 Å². The third-order valence-corrected chi connectivity index (χ3v) is 5.37. The Hall–Kier alpha value is -4.20. The summed E-state index contributed by atoms with van der Waals surface area (Å²) >= 11 is 0. The first-order valence-corrected chi connectivity index (χ1v) is 9.97. The van der Waals surface area contributed by atoms with Gasteiger partial charge in [0.2, 0.25) is 0 Å². The summed E-state index contributed by atoms with van der Waals surface area (Å²) in [7, 11) is 3.53. The molecule has 0 aliphatic heterocycles. The molecule has 0 bridgehead atoms. The molecular formula is C24H20FN5O2.